The molecule has 2 rings (SSSR count). The van der Waals surface area contributed by atoms with E-state index in [9.17, 15) is 4.79 Å². The number of nitrogens with zero attached hydrogens (tertiary/aromatic N) is 3. The van der Waals surface area contributed by atoms with Crippen LogP contribution < -0.4 is 5.56 Å². The highest BCUT2D eigenvalue weighted by atomic mass is 32.1. The molecule has 2 aromatic heterocycles. The lowest BCUT2D eigenvalue weighted by Gasteiger charge is -2.05. The van der Waals surface area contributed by atoms with E-state index in [-0.39, 0.29) is 5.56 Å². The molecule has 0 aliphatic carbocycles. The van der Waals surface area contributed by atoms with Crippen molar-refractivity contribution in [2.45, 2.75) is 33.1 Å². The van der Waals surface area contributed by atoms with Gasteiger partial charge in [-0.3, -0.25) is 4.79 Å². The summed E-state index contributed by atoms with van der Waals surface area (Å²) in [5.41, 5.74) is 2.48. The molecule has 6 heteroatoms. The Kier molecular flexibility index (Phi) is 4.57. The van der Waals surface area contributed by atoms with Gasteiger partial charge < -0.3 is 4.98 Å². The third kappa shape index (κ3) is 3.57. The van der Waals surface area contributed by atoms with Gasteiger partial charge in [-0.2, -0.15) is 0 Å². The molecular formula is C13H16N4OS. The van der Waals surface area contributed by atoms with Crippen molar-refractivity contribution in [2.75, 3.05) is 0 Å². The molecule has 0 spiro atoms. The summed E-state index contributed by atoms with van der Waals surface area (Å²) in [5, 5.41) is 5.85. The summed E-state index contributed by atoms with van der Waals surface area (Å²) in [6, 6.07) is 1.56. The molecule has 0 aliphatic heterocycles. The van der Waals surface area contributed by atoms with E-state index in [1.54, 1.807) is 6.07 Å². The molecule has 0 saturated carbocycles. The van der Waals surface area contributed by atoms with Crippen molar-refractivity contribution in [3.63, 3.8) is 0 Å². The molecule has 0 bridgehead atoms. The van der Waals surface area contributed by atoms with Crippen LogP contribution in [0.4, 0.5) is 0 Å². The molecular weight excluding hydrogens is 260 g/mol. The molecule has 0 atom stereocenters. The first kappa shape index (κ1) is 13.6. The zero-order valence-electron chi connectivity index (χ0n) is 11.0. The number of hydrogen-bond donors (Lipinski definition) is 1. The Balaban J connectivity index is 2.40. The topological polar surface area (TPSA) is 71.5 Å². The van der Waals surface area contributed by atoms with E-state index < -0.39 is 0 Å². The van der Waals surface area contributed by atoms with Crippen LogP contribution in [0.15, 0.2) is 16.2 Å². The van der Waals surface area contributed by atoms with Gasteiger partial charge >= 0.3 is 0 Å². The van der Waals surface area contributed by atoms with Crippen LogP contribution in [0.5, 0.6) is 0 Å². The molecule has 0 amide bonds. The van der Waals surface area contributed by atoms with Gasteiger partial charge in [0.05, 0.1) is 5.69 Å². The van der Waals surface area contributed by atoms with Gasteiger partial charge in [-0.05, 0) is 36.0 Å². The fourth-order valence-electron chi connectivity index (χ4n) is 1.80. The summed E-state index contributed by atoms with van der Waals surface area (Å²) in [5.74, 6) is 0.631. The third-order valence-corrected chi connectivity index (χ3v) is 3.21. The highest BCUT2D eigenvalue weighted by molar-refractivity contribution is 7.03. The molecule has 0 aliphatic rings. The normalized spacial score (nSPS) is 11.8. The maximum absolute atomic E-state index is 11.7. The van der Waals surface area contributed by atoms with Gasteiger partial charge in [-0.25, -0.2) is 4.98 Å². The number of allylic oxidation sites excluding steroid dienone is 1. The fraction of sp³-hybridized carbons (Fsp3) is 0.385. The molecule has 0 radical (unpaired) electrons. The SMILES string of the molecule is CCCc1cc(=O)[nH]c(C(=Cc2csnn2)CC)n1. The Bertz CT molecular complexity index is 616. The van der Waals surface area contributed by atoms with Crippen LogP contribution in [0.25, 0.3) is 11.6 Å². The number of aromatic amines is 1. The first-order valence-electron chi connectivity index (χ1n) is 6.31. The van der Waals surface area contributed by atoms with Crippen LogP contribution in [0, 0.1) is 0 Å². The molecule has 19 heavy (non-hydrogen) atoms. The van der Waals surface area contributed by atoms with Gasteiger partial charge in [0.2, 0.25) is 0 Å². The Morgan fingerprint density at radius 1 is 1.47 bits per heavy atom. The maximum atomic E-state index is 11.7. The molecule has 0 saturated heterocycles. The van der Waals surface area contributed by atoms with Crippen LogP contribution in [0.1, 0.15) is 43.9 Å². The van der Waals surface area contributed by atoms with E-state index in [1.807, 2.05) is 18.4 Å². The Morgan fingerprint density at radius 3 is 2.95 bits per heavy atom. The van der Waals surface area contributed by atoms with Gasteiger partial charge in [0.1, 0.15) is 5.82 Å². The van der Waals surface area contributed by atoms with Crippen LogP contribution in [0.2, 0.25) is 0 Å². The number of rotatable bonds is 5. The molecule has 2 aromatic rings. The summed E-state index contributed by atoms with van der Waals surface area (Å²) in [6.45, 7) is 4.10. The van der Waals surface area contributed by atoms with Gasteiger partial charge in [0.25, 0.3) is 5.56 Å². The van der Waals surface area contributed by atoms with Crippen LogP contribution in [-0.4, -0.2) is 19.6 Å². The zero-order valence-corrected chi connectivity index (χ0v) is 11.8. The minimum Gasteiger partial charge on any atom is -0.307 e. The first-order valence-corrected chi connectivity index (χ1v) is 7.14. The summed E-state index contributed by atoms with van der Waals surface area (Å²) < 4.78 is 3.82. The second-order valence-electron chi connectivity index (χ2n) is 4.19. The Labute approximate surface area is 115 Å². The summed E-state index contributed by atoms with van der Waals surface area (Å²) in [7, 11) is 0. The lowest BCUT2D eigenvalue weighted by molar-refractivity contribution is 0.857. The largest absolute Gasteiger partial charge is 0.307 e. The van der Waals surface area contributed by atoms with Crippen molar-refractivity contribution in [1.29, 1.82) is 0 Å². The standard InChI is InChI=1S/C13H16N4OS/c1-3-5-10-7-12(18)15-13(14-10)9(4-2)6-11-8-19-17-16-11/h6-8H,3-5H2,1-2H3,(H,14,15,18). The van der Waals surface area contributed by atoms with Gasteiger partial charge in [-0.1, -0.05) is 24.8 Å². The fourth-order valence-corrected chi connectivity index (χ4v) is 2.21. The van der Waals surface area contributed by atoms with Crippen molar-refractivity contribution in [2.24, 2.45) is 0 Å². The Morgan fingerprint density at radius 2 is 2.32 bits per heavy atom. The third-order valence-electron chi connectivity index (χ3n) is 2.68. The lowest BCUT2D eigenvalue weighted by Crippen LogP contribution is -2.12. The van der Waals surface area contributed by atoms with Crippen molar-refractivity contribution >= 4 is 23.2 Å². The minimum atomic E-state index is -0.107. The monoisotopic (exact) mass is 276 g/mol. The van der Waals surface area contributed by atoms with Crippen molar-refractivity contribution in [3.05, 3.63) is 39.0 Å². The number of aromatic nitrogens is 4. The zero-order chi connectivity index (χ0) is 13.7. The van der Waals surface area contributed by atoms with Gasteiger partial charge in [0.15, 0.2) is 0 Å². The van der Waals surface area contributed by atoms with Crippen molar-refractivity contribution in [1.82, 2.24) is 19.6 Å². The van der Waals surface area contributed by atoms with E-state index in [0.29, 0.717) is 5.82 Å². The molecule has 0 unspecified atom stereocenters. The van der Waals surface area contributed by atoms with E-state index in [4.69, 9.17) is 0 Å². The molecule has 0 aromatic carbocycles. The highest BCUT2D eigenvalue weighted by Gasteiger charge is 2.06. The second-order valence-corrected chi connectivity index (χ2v) is 4.80. The van der Waals surface area contributed by atoms with Gasteiger partial charge in [0, 0.05) is 17.1 Å². The second kappa shape index (κ2) is 6.38. The molecule has 2 heterocycles. The molecule has 1 N–H and O–H groups in total. The van der Waals surface area contributed by atoms with Crippen LogP contribution >= 0.6 is 11.5 Å². The smallest absolute Gasteiger partial charge is 0.251 e. The van der Waals surface area contributed by atoms with E-state index >= 15 is 0 Å². The summed E-state index contributed by atoms with van der Waals surface area (Å²) in [4.78, 5) is 19.0. The van der Waals surface area contributed by atoms with Crippen LogP contribution in [-0.2, 0) is 6.42 Å². The molecule has 5 nitrogen and oxygen atoms in total. The number of H-pyrrole nitrogens is 1. The quantitative estimate of drug-likeness (QED) is 0.911. The lowest BCUT2D eigenvalue weighted by atomic mass is 10.1. The molecule has 100 valence electrons. The minimum absolute atomic E-state index is 0.107. The van der Waals surface area contributed by atoms with Crippen molar-refractivity contribution in [3.8, 4) is 0 Å². The summed E-state index contributed by atoms with van der Waals surface area (Å²) >= 11 is 1.30. The van der Waals surface area contributed by atoms with E-state index in [0.717, 1.165) is 36.2 Å². The highest BCUT2D eigenvalue weighted by Crippen LogP contribution is 2.17. The number of hydrogen-bond acceptors (Lipinski definition) is 5. The predicted octanol–water partition coefficient (Wildman–Crippen LogP) is 2.52. The first-order chi connectivity index (χ1) is 9.22. The van der Waals surface area contributed by atoms with E-state index in [2.05, 4.69) is 26.5 Å². The predicted molar refractivity (Wildman–Crippen MR) is 76.9 cm³/mol. The van der Waals surface area contributed by atoms with Crippen LogP contribution in [0.3, 0.4) is 0 Å². The van der Waals surface area contributed by atoms with Crippen molar-refractivity contribution < 1.29 is 0 Å². The average Bonchev–Trinajstić information content (AvgIpc) is 2.88. The van der Waals surface area contributed by atoms with E-state index in [1.165, 1.54) is 11.5 Å². The van der Waals surface area contributed by atoms with Gasteiger partial charge in [-0.15, -0.1) is 5.10 Å². The number of nitrogens with one attached hydrogen (secondary N) is 1. The molecule has 0 fully saturated rings. The maximum Gasteiger partial charge on any atom is 0.251 e. The Hall–Kier alpha value is -1.82. The average molecular weight is 276 g/mol. The number of aryl methyl sites for hydroxylation is 1. The summed E-state index contributed by atoms with van der Waals surface area (Å²) in [6.07, 6.45) is 4.47.